The van der Waals surface area contributed by atoms with E-state index in [0.29, 0.717) is 0 Å². The number of carbonyl (C=O) groups is 2. The summed E-state index contributed by atoms with van der Waals surface area (Å²) in [6.45, 7) is 0. The minimum absolute atomic E-state index is 0.0584. The topological polar surface area (TPSA) is 101 Å². The summed E-state index contributed by atoms with van der Waals surface area (Å²) < 4.78 is 0. The molecule has 2 rings (SSSR count). The highest BCUT2D eigenvalue weighted by molar-refractivity contribution is 6.10. The molecule has 1 amide bonds. The summed E-state index contributed by atoms with van der Waals surface area (Å²) in [5.41, 5.74) is -0.322. The van der Waals surface area contributed by atoms with E-state index in [1.807, 2.05) is 0 Å². The Kier molecular flexibility index (Phi) is 4.17. The van der Waals surface area contributed by atoms with Crippen molar-refractivity contribution >= 4 is 23.3 Å². The first-order valence-electron chi connectivity index (χ1n) is 6.27. The number of nitro benzene ring substituents is 1. The van der Waals surface area contributed by atoms with Gasteiger partial charge in [0.05, 0.1) is 16.2 Å². The monoisotopic (exact) mass is 300 g/mol. The van der Waals surface area contributed by atoms with Crippen molar-refractivity contribution in [2.75, 3.05) is 11.9 Å². The number of carboxylic acid groups (broad SMARTS) is 1. The van der Waals surface area contributed by atoms with Crippen LogP contribution in [0.3, 0.4) is 0 Å². The van der Waals surface area contributed by atoms with Crippen LogP contribution in [0.1, 0.15) is 20.7 Å². The van der Waals surface area contributed by atoms with E-state index in [9.17, 15) is 19.7 Å². The van der Waals surface area contributed by atoms with E-state index >= 15 is 0 Å². The fourth-order valence-corrected chi connectivity index (χ4v) is 2.05. The van der Waals surface area contributed by atoms with E-state index in [-0.39, 0.29) is 22.5 Å². The van der Waals surface area contributed by atoms with Gasteiger partial charge in [-0.15, -0.1) is 0 Å². The van der Waals surface area contributed by atoms with Gasteiger partial charge >= 0.3 is 5.97 Å². The summed E-state index contributed by atoms with van der Waals surface area (Å²) in [7, 11) is 1.38. The van der Waals surface area contributed by atoms with Gasteiger partial charge in [-0.3, -0.25) is 14.9 Å². The van der Waals surface area contributed by atoms with Crippen LogP contribution >= 0.6 is 0 Å². The lowest BCUT2D eigenvalue weighted by Gasteiger charge is -2.19. The number of para-hydroxylation sites is 2. The van der Waals surface area contributed by atoms with Crippen molar-refractivity contribution in [3.63, 3.8) is 0 Å². The van der Waals surface area contributed by atoms with Gasteiger partial charge in [0, 0.05) is 13.1 Å². The largest absolute Gasteiger partial charge is 0.478 e. The van der Waals surface area contributed by atoms with Gasteiger partial charge in [-0.05, 0) is 18.2 Å². The van der Waals surface area contributed by atoms with Gasteiger partial charge in [0.2, 0.25) is 0 Å². The molecule has 7 nitrogen and oxygen atoms in total. The molecule has 0 radical (unpaired) electrons. The van der Waals surface area contributed by atoms with Crippen LogP contribution in [0.2, 0.25) is 0 Å². The Morgan fingerprint density at radius 3 is 2.18 bits per heavy atom. The van der Waals surface area contributed by atoms with Gasteiger partial charge in [0.15, 0.2) is 0 Å². The maximum atomic E-state index is 12.5. The summed E-state index contributed by atoms with van der Waals surface area (Å²) in [6.07, 6.45) is 0. The van der Waals surface area contributed by atoms with Gasteiger partial charge in [0.1, 0.15) is 5.56 Å². The van der Waals surface area contributed by atoms with Crippen LogP contribution in [0, 0.1) is 10.1 Å². The molecule has 0 aliphatic carbocycles. The number of anilines is 1. The predicted molar refractivity (Wildman–Crippen MR) is 79.2 cm³/mol. The maximum absolute atomic E-state index is 12.5. The Labute approximate surface area is 125 Å². The van der Waals surface area contributed by atoms with E-state index < -0.39 is 16.8 Å². The molecule has 0 saturated heterocycles. The molecule has 0 atom stereocenters. The molecule has 7 heteroatoms. The summed E-state index contributed by atoms with van der Waals surface area (Å²) in [5.74, 6) is -1.83. The third kappa shape index (κ3) is 2.78. The number of aromatic carboxylic acids is 1. The molecular formula is C15H12N2O5. The number of nitrogens with zero attached hydrogens (tertiary/aromatic N) is 2. The number of rotatable bonds is 4. The second-order valence-corrected chi connectivity index (χ2v) is 4.46. The van der Waals surface area contributed by atoms with Crippen LogP contribution in [-0.2, 0) is 0 Å². The molecule has 0 fully saturated rings. The first kappa shape index (κ1) is 15.2. The van der Waals surface area contributed by atoms with E-state index in [0.717, 1.165) is 4.90 Å². The van der Waals surface area contributed by atoms with E-state index in [2.05, 4.69) is 0 Å². The van der Waals surface area contributed by atoms with Crippen LogP contribution in [0.5, 0.6) is 0 Å². The smallest absolute Gasteiger partial charge is 0.337 e. The van der Waals surface area contributed by atoms with Crippen molar-refractivity contribution in [3.05, 3.63) is 69.8 Å². The minimum Gasteiger partial charge on any atom is -0.478 e. The second-order valence-electron chi connectivity index (χ2n) is 4.46. The number of benzene rings is 2. The van der Waals surface area contributed by atoms with Gasteiger partial charge < -0.3 is 10.0 Å². The second kappa shape index (κ2) is 6.04. The van der Waals surface area contributed by atoms with Gasteiger partial charge in [-0.2, -0.15) is 0 Å². The molecule has 2 aromatic carbocycles. The highest BCUT2D eigenvalue weighted by atomic mass is 16.6. The lowest BCUT2D eigenvalue weighted by Crippen LogP contribution is -2.28. The molecule has 0 bridgehead atoms. The molecule has 1 N–H and O–H groups in total. The normalized spacial score (nSPS) is 10.0. The average Bonchev–Trinajstić information content (AvgIpc) is 2.53. The lowest BCUT2D eigenvalue weighted by molar-refractivity contribution is -0.385. The molecule has 0 aliphatic heterocycles. The van der Waals surface area contributed by atoms with Crippen LogP contribution in [0.25, 0.3) is 0 Å². The first-order valence-corrected chi connectivity index (χ1v) is 6.27. The van der Waals surface area contributed by atoms with Crippen molar-refractivity contribution in [1.29, 1.82) is 0 Å². The van der Waals surface area contributed by atoms with Crippen molar-refractivity contribution in [2.45, 2.75) is 0 Å². The predicted octanol–water partition coefficient (Wildman–Crippen LogP) is 2.57. The molecule has 0 aromatic heterocycles. The number of nitro groups is 1. The Morgan fingerprint density at radius 1 is 1.05 bits per heavy atom. The molecule has 2 aromatic rings. The zero-order valence-electron chi connectivity index (χ0n) is 11.6. The summed E-state index contributed by atoms with van der Waals surface area (Å²) in [6, 6.07) is 11.5. The van der Waals surface area contributed by atoms with Crippen LogP contribution in [-0.4, -0.2) is 29.0 Å². The lowest BCUT2D eigenvalue weighted by atomic mass is 10.1. The van der Waals surface area contributed by atoms with Crippen molar-refractivity contribution < 1.29 is 19.6 Å². The van der Waals surface area contributed by atoms with Crippen LogP contribution < -0.4 is 4.90 Å². The minimum atomic E-state index is -1.18. The summed E-state index contributed by atoms with van der Waals surface area (Å²) in [5, 5.41) is 20.2. The molecule has 0 aliphatic rings. The van der Waals surface area contributed by atoms with Gasteiger partial charge in [-0.1, -0.05) is 24.3 Å². The van der Waals surface area contributed by atoms with Crippen LogP contribution in [0.4, 0.5) is 11.4 Å². The Bertz CT molecular complexity index is 757. The summed E-state index contributed by atoms with van der Waals surface area (Å²) >= 11 is 0. The number of amides is 1. The molecule has 0 saturated carbocycles. The van der Waals surface area contributed by atoms with Crippen molar-refractivity contribution in [2.24, 2.45) is 0 Å². The quantitative estimate of drug-likeness (QED) is 0.690. The Hall–Kier alpha value is -3.22. The highest BCUT2D eigenvalue weighted by Crippen LogP contribution is 2.24. The fourth-order valence-electron chi connectivity index (χ4n) is 2.05. The zero-order valence-corrected chi connectivity index (χ0v) is 11.6. The van der Waals surface area contributed by atoms with Gasteiger partial charge in [0.25, 0.3) is 11.6 Å². The average molecular weight is 300 g/mol. The van der Waals surface area contributed by atoms with E-state index in [4.69, 9.17) is 5.11 Å². The van der Waals surface area contributed by atoms with Crippen molar-refractivity contribution in [1.82, 2.24) is 0 Å². The fraction of sp³-hybridized carbons (Fsp3) is 0.0667. The maximum Gasteiger partial charge on any atom is 0.337 e. The molecule has 0 spiro atoms. The van der Waals surface area contributed by atoms with Crippen molar-refractivity contribution in [3.8, 4) is 0 Å². The standard InChI is InChI=1S/C15H12N2O5/c1-16(12-8-4-3-7-11(12)15(19)20)14(18)10-6-2-5-9-13(10)17(21)22/h2-9H,1H3,(H,19,20). The van der Waals surface area contributed by atoms with Crippen LogP contribution in [0.15, 0.2) is 48.5 Å². The molecule has 22 heavy (non-hydrogen) atoms. The third-order valence-electron chi connectivity index (χ3n) is 3.13. The Morgan fingerprint density at radius 2 is 1.59 bits per heavy atom. The molecular weight excluding hydrogens is 288 g/mol. The third-order valence-corrected chi connectivity index (χ3v) is 3.13. The molecule has 112 valence electrons. The highest BCUT2D eigenvalue weighted by Gasteiger charge is 2.25. The molecule has 0 heterocycles. The van der Waals surface area contributed by atoms with Gasteiger partial charge in [-0.25, -0.2) is 4.79 Å². The SMILES string of the molecule is CN(C(=O)c1ccccc1[N+](=O)[O-])c1ccccc1C(=O)O. The summed E-state index contributed by atoms with van der Waals surface area (Å²) in [4.78, 5) is 35.1. The number of carboxylic acids is 1. The zero-order chi connectivity index (χ0) is 16.3. The van der Waals surface area contributed by atoms with E-state index in [1.54, 1.807) is 6.07 Å². The molecule has 0 unspecified atom stereocenters. The first-order chi connectivity index (χ1) is 10.4. The number of carbonyl (C=O) groups excluding carboxylic acids is 1. The number of hydrogen-bond donors (Lipinski definition) is 1. The van der Waals surface area contributed by atoms with E-state index in [1.165, 1.54) is 49.5 Å². The number of hydrogen-bond acceptors (Lipinski definition) is 4. The Balaban J connectivity index is 2.47.